The Hall–Kier alpha value is -1.30. The second-order valence-electron chi connectivity index (χ2n) is 2.22. The third-order valence-corrected chi connectivity index (χ3v) is 1.28. The van der Waals surface area contributed by atoms with Crippen LogP contribution in [0.1, 0.15) is 13.3 Å². The Morgan fingerprint density at radius 2 is 2.25 bits per heavy atom. The molecule has 0 aromatic heterocycles. The van der Waals surface area contributed by atoms with Gasteiger partial charge in [0, 0.05) is 7.05 Å². The van der Waals surface area contributed by atoms with Gasteiger partial charge in [-0.2, -0.15) is 0 Å². The molecule has 0 radical (unpaired) electrons. The van der Waals surface area contributed by atoms with Crippen molar-refractivity contribution in [3.63, 3.8) is 0 Å². The molecule has 4 N–H and O–H groups in total. The van der Waals surface area contributed by atoms with Crippen LogP contribution in [0.2, 0.25) is 0 Å². The van der Waals surface area contributed by atoms with Crippen molar-refractivity contribution in [1.82, 2.24) is 4.90 Å². The van der Waals surface area contributed by atoms with E-state index in [2.05, 4.69) is 4.99 Å². The number of aliphatic hydroxyl groups is 1. The third-order valence-electron chi connectivity index (χ3n) is 1.28. The highest BCUT2D eigenvalue weighted by molar-refractivity contribution is 5.91. The van der Waals surface area contributed by atoms with Gasteiger partial charge in [-0.05, 0) is 6.42 Å². The quantitative estimate of drug-likeness (QED) is 0.394. The maximum absolute atomic E-state index is 10.3. The number of carboxylic acid groups (broad SMARTS) is 1. The summed E-state index contributed by atoms with van der Waals surface area (Å²) in [5.74, 6) is -0.211. The van der Waals surface area contributed by atoms with E-state index in [4.69, 9.17) is 15.9 Å². The highest BCUT2D eigenvalue weighted by atomic mass is 16.4. The summed E-state index contributed by atoms with van der Waals surface area (Å²) in [6, 6.07) is 0. The van der Waals surface area contributed by atoms with Crippen molar-refractivity contribution in [3.05, 3.63) is 0 Å². The second-order valence-corrected chi connectivity index (χ2v) is 2.22. The molecule has 0 aliphatic rings. The average Bonchev–Trinajstić information content (AvgIpc) is 2.02. The maximum Gasteiger partial charge on any atom is 0.413 e. The van der Waals surface area contributed by atoms with Gasteiger partial charge in [-0.3, -0.25) is 4.90 Å². The summed E-state index contributed by atoms with van der Waals surface area (Å²) < 4.78 is 0. The first-order valence-electron chi connectivity index (χ1n) is 3.47. The van der Waals surface area contributed by atoms with Crippen LogP contribution >= 0.6 is 0 Å². The fourth-order valence-electron chi connectivity index (χ4n) is 0.429. The molecule has 0 aromatic carbocycles. The smallest absolute Gasteiger partial charge is 0.413 e. The number of aliphatic hydroxyl groups excluding tert-OH is 1. The zero-order chi connectivity index (χ0) is 9.72. The van der Waals surface area contributed by atoms with Crippen molar-refractivity contribution >= 4 is 12.1 Å². The zero-order valence-electron chi connectivity index (χ0n) is 7.06. The number of guanidine groups is 1. The van der Waals surface area contributed by atoms with Crippen molar-refractivity contribution in [3.8, 4) is 0 Å². The molecule has 0 rings (SSSR count). The van der Waals surface area contributed by atoms with Gasteiger partial charge in [-0.25, -0.2) is 9.79 Å². The van der Waals surface area contributed by atoms with E-state index in [9.17, 15) is 4.79 Å². The molecule has 1 unspecified atom stereocenters. The molecule has 0 bridgehead atoms. The molecule has 6 heteroatoms. The Bertz CT molecular complexity index is 192. The first kappa shape index (κ1) is 10.7. The van der Waals surface area contributed by atoms with Crippen LogP contribution in [0.25, 0.3) is 0 Å². The van der Waals surface area contributed by atoms with Crippen LogP contribution in [0, 0.1) is 0 Å². The number of hydrogen-bond acceptors (Lipinski definition) is 3. The molecule has 0 aliphatic carbocycles. The zero-order valence-corrected chi connectivity index (χ0v) is 7.06. The normalized spacial score (nSPS) is 14.1. The van der Waals surface area contributed by atoms with E-state index in [1.807, 2.05) is 0 Å². The minimum Gasteiger partial charge on any atom is -0.465 e. The van der Waals surface area contributed by atoms with E-state index >= 15 is 0 Å². The average molecular weight is 175 g/mol. The van der Waals surface area contributed by atoms with Gasteiger partial charge >= 0.3 is 6.09 Å². The standard InChI is InChI=1S/C6H13N3O3/c1-3-4(10)8-5(7)9(2)6(11)12/h4,10H,3H2,1-2H3,(H2,7,8)(H,11,12). The van der Waals surface area contributed by atoms with Crippen LogP contribution in [-0.4, -0.2) is 40.4 Å². The van der Waals surface area contributed by atoms with Crippen molar-refractivity contribution in [2.24, 2.45) is 10.7 Å². The van der Waals surface area contributed by atoms with Crippen LogP contribution in [0.4, 0.5) is 4.79 Å². The highest BCUT2D eigenvalue weighted by Gasteiger charge is 2.10. The number of amides is 1. The van der Waals surface area contributed by atoms with Gasteiger partial charge in [0.25, 0.3) is 0 Å². The molecule has 0 saturated carbocycles. The predicted octanol–water partition coefficient (Wildman–Crippen LogP) is -0.361. The van der Waals surface area contributed by atoms with E-state index in [1.165, 1.54) is 7.05 Å². The fourth-order valence-corrected chi connectivity index (χ4v) is 0.429. The number of aliphatic imine (C=N–C) groups is 1. The minimum absolute atomic E-state index is 0.211. The lowest BCUT2D eigenvalue weighted by Gasteiger charge is -2.12. The van der Waals surface area contributed by atoms with Crippen LogP contribution in [0.15, 0.2) is 4.99 Å². The monoisotopic (exact) mass is 175 g/mol. The molecule has 70 valence electrons. The highest BCUT2D eigenvalue weighted by Crippen LogP contribution is 1.93. The Balaban J connectivity index is 4.26. The Morgan fingerprint density at radius 3 is 2.58 bits per heavy atom. The Morgan fingerprint density at radius 1 is 1.75 bits per heavy atom. The molecule has 0 heterocycles. The van der Waals surface area contributed by atoms with Gasteiger partial charge in [0.05, 0.1) is 0 Å². The lowest BCUT2D eigenvalue weighted by atomic mass is 10.4. The summed E-state index contributed by atoms with van der Waals surface area (Å²) >= 11 is 0. The first-order valence-corrected chi connectivity index (χ1v) is 3.47. The summed E-state index contributed by atoms with van der Waals surface area (Å²) in [6.07, 6.45) is -1.75. The van der Waals surface area contributed by atoms with Gasteiger partial charge in [-0.1, -0.05) is 6.92 Å². The maximum atomic E-state index is 10.3. The van der Waals surface area contributed by atoms with Crippen molar-refractivity contribution in [2.75, 3.05) is 7.05 Å². The molecule has 0 spiro atoms. The predicted molar refractivity (Wildman–Crippen MR) is 43.7 cm³/mol. The molecule has 1 atom stereocenters. The lowest BCUT2D eigenvalue weighted by molar-refractivity contribution is 0.168. The van der Waals surface area contributed by atoms with Gasteiger partial charge in [-0.15, -0.1) is 0 Å². The summed E-state index contributed by atoms with van der Waals surface area (Å²) in [4.78, 5) is 14.5. The molecule has 1 amide bonds. The molecule has 6 nitrogen and oxygen atoms in total. The molecular formula is C6H13N3O3. The number of carbonyl (C=O) groups is 1. The van der Waals surface area contributed by atoms with Crippen molar-refractivity contribution < 1.29 is 15.0 Å². The lowest BCUT2D eigenvalue weighted by Crippen LogP contribution is -2.38. The molecule has 12 heavy (non-hydrogen) atoms. The van der Waals surface area contributed by atoms with Crippen LogP contribution in [0.3, 0.4) is 0 Å². The van der Waals surface area contributed by atoms with Crippen molar-refractivity contribution in [1.29, 1.82) is 0 Å². The molecule has 0 aromatic rings. The second kappa shape index (κ2) is 4.55. The molecule has 0 aliphatic heterocycles. The van der Waals surface area contributed by atoms with Gasteiger partial charge in [0.2, 0.25) is 5.96 Å². The third kappa shape index (κ3) is 3.20. The van der Waals surface area contributed by atoms with Crippen LogP contribution in [0.5, 0.6) is 0 Å². The number of nitrogens with two attached hydrogens (primary N) is 1. The van der Waals surface area contributed by atoms with Crippen LogP contribution < -0.4 is 5.73 Å². The van der Waals surface area contributed by atoms with E-state index in [1.54, 1.807) is 6.92 Å². The van der Waals surface area contributed by atoms with E-state index in [0.717, 1.165) is 4.90 Å². The minimum atomic E-state index is -1.21. The van der Waals surface area contributed by atoms with Gasteiger partial charge < -0.3 is 15.9 Å². The van der Waals surface area contributed by atoms with Gasteiger partial charge in [0.15, 0.2) is 0 Å². The largest absolute Gasteiger partial charge is 0.465 e. The Labute approximate surface area is 70.3 Å². The first-order chi connectivity index (χ1) is 5.49. The van der Waals surface area contributed by atoms with E-state index in [0.29, 0.717) is 6.42 Å². The van der Waals surface area contributed by atoms with Crippen molar-refractivity contribution in [2.45, 2.75) is 19.6 Å². The molecule has 0 saturated heterocycles. The summed E-state index contributed by atoms with van der Waals surface area (Å²) in [7, 11) is 1.25. The van der Waals surface area contributed by atoms with E-state index in [-0.39, 0.29) is 5.96 Å². The topological polar surface area (TPSA) is 99.2 Å². The molecule has 0 fully saturated rings. The Kier molecular flexibility index (Phi) is 4.06. The SMILES string of the molecule is CCC(O)N=C(N)N(C)C(=O)O. The van der Waals surface area contributed by atoms with Gasteiger partial charge in [0.1, 0.15) is 6.23 Å². The summed E-state index contributed by atoms with van der Waals surface area (Å²) in [5, 5.41) is 17.4. The fraction of sp³-hybridized carbons (Fsp3) is 0.667. The number of rotatable bonds is 2. The summed E-state index contributed by atoms with van der Waals surface area (Å²) in [5.41, 5.74) is 5.23. The van der Waals surface area contributed by atoms with E-state index < -0.39 is 12.3 Å². The number of hydrogen-bond donors (Lipinski definition) is 3. The summed E-state index contributed by atoms with van der Waals surface area (Å²) in [6.45, 7) is 1.71. The number of nitrogens with zero attached hydrogens (tertiary/aromatic N) is 2. The molecular weight excluding hydrogens is 162 g/mol. The van der Waals surface area contributed by atoms with Crippen LogP contribution in [-0.2, 0) is 0 Å².